The second kappa shape index (κ2) is 5.20. The van der Waals surface area contributed by atoms with Crippen LogP contribution in [0.4, 0.5) is 0 Å². The van der Waals surface area contributed by atoms with Crippen molar-refractivity contribution in [3.8, 4) is 0 Å². The van der Waals surface area contributed by atoms with Gasteiger partial charge in [-0.3, -0.25) is 14.3 Å². The number of aromatic nitrogens is 2. The minimum absolute atomic E-state index is 0.101. The van der Waals surface area contributed by atoms with Crippen LogP contribution in [0.15, 0.2) is 6.07 Å². The van der Waals surface area contributed by atoms with E-state index in [2.05, 4.69) is 5.10 Å². The number of hydrogen-bond donors (Lipinski definition) is 0. The van der Waals surface area contributed by atoms with Crippen LogP contribution in [-0.4, -0.2) is 58.1 Å². The first-order valence-corrected chi connectivity index (χ1v) is 6.07. The molecule has 98 valence electrons. The summed E-state index contributed by atoms with van der Waals surface area (Å²) in [6.07, 6.45) is 1.21. The van der Waals surface area contributed by atoms with Gasteiger partial charge in [0, 0.05) is 38.9 Å². The molecule has 2 amide bonds. The van der Waals surface area contributed by atoms with E-state index in [1.165, 1.54) is 0 Å². The summed E-state index contributed by atoms with van der Waals surface area (Å²) in [5.74, 6) is 0.101. The second-order valence-electron chi connectivity index (χ2n) is 4.60. The van der Waals surface area contributed by atoms with Crippen molar-refractivity contribution in [2.75, 3.05) is 26.2 Å². The van der Waals surface area contributed by atoms with Crippen LogP contribution in [0.5, 0.6) is 0 Å². The quantitative estimate of drug-likeness (QED) is 0.684. The largest absolute Gasteiger partial charge is 0.342 e. The molecule has 0 saturated carbocycles. The zero-order valence-corrected chi connectivity index (χ0v) is 10.8. The van der Waals surface area contributed by atoms with Crippen molar-refractivity contribution < 1.29 is 9.59 Å². The van der Waals surface area contributed by atoms with Gasteiger partial charge in [-0.1, -0.05) is 0 Å². The highest BCUT2D eigenvalue weighted by Crippen LogP contribution is 2.07. The summed E-state index contributed by atoms with van der Waals surface area (Å²) in [4.78, 5) is 26.2. The summed E-state index contributed by atoms with van der Waals surface area (Å²) in [5.41, 5.74) is 1.85. The molecule has 0 aromatic carbocycles. The van der Waals surface area contributed by atoms with Gasteiger partial charge in [0.15, 0.2) is 0 Å². The van der Waals surface area contributed by atoms with Gasteiger partial charge >= 0.3 is 0 Å². The van der Waals surface area contributed by atoms with E-state index in [9.17, 15) is 9.59 Å². The van der Waals surface area contributed by atoms with Gasteiger partial charge in [-0.25, -0.2) is 0 Å². The number of aryl methyl sites for hydroxylation is 2. The predicted molar refractivity (Wildman–Crippen MR) is 65.9 cm³/mol. The molecular weight excluding hydrogens is 232 g/mol. The van der Waals surface area contributed by atoms with Crippen molar-refractivity contribution in [3.05, 3.63) is 17.5 Å². The lowest BCUT2D eigenvalue weighted by Gasteiger charge is -2.32. The average molecular weight is 250 g/mol. The van der Waals surface area contributed by atoms with Crippen LogP contribution < -0.4 is 0 Å². The smallest absolute Gasteiger partial charge is 0.228 e. The van der Waals surface area contributed by atoms with E-state index in [0.717, 1.165) is 17.8 Å². The summed E-state index contributed by atoms with van der Waals surface area (Å²) >= 11 is 0. The fraction of sp³-hybridized carbons (Fsp3) is 0.583. The molecule has 18 heavy (non-hydrogen) atoms. The third-order valence-corrected chi connectivity index (χ3v) is 3.25. The Morgan fingerprint density at radius 1 is 1.39 bits per heavy atom. The zero-order chi connectivity index (χ0) is 13.1. The Morgan fingerprint density at radius 3 is 2.56 bits per heavy atom. The third kappa shape index (κ3) is 2.69. The van der Waals surface area contributed by atoms with Gasteiger partial charge in [0.2, 0.25) is 12.3 Å². The third-order valence-electron chi connectivity index (χ3n) is 3.25. The Balaban J connectivity index is 1.93. The number of amides is 2. The van der Waals surface area contributed by atoms with Gasteiger partial charge in [0.25, 0.3) is 0 Å². The van der Waals surface area contributed by atoms with Crippen LogP contribution in [0, 0.1) is 6.92 Å². The van der Waals surface area contributed by atoms with Crippen LogP contribution in [0.25, 0.3) is 0 Å². The Hall–Kier alpha value is -1.85. The van der Waals surface area contributed by atoms with E-state index in [-0.39, 0.29) is 5.91 Å². The molecule has 0 N–H and O–H groups in total. The molecule has 1 fully saturated rings. The highest BCUT2D eigenvalue weighted by atomic mass is 16.2. The lowest BCUT2D eigenvalue weighted by atomic mass is 10.2. The Bertz CT molecular complexity index is 447. The Labute approximate surface area is 106 Å². The molecule has 0 atom stereocenters. The molecule has 0 unspecified atom stereocenters. The number of hydrogen-bond acceptors (Lipinski definition) is 3. The van der Waals surface area contributed by atoms with Gasteiger partial charge < -0.3 is 9.80 Å². The maximum atomic E-state index is 12.1. The van der Waals surface area contributed by atoms with Crippen molar-refractivity contribution in [1.29, 1.82) is 0 Å². The van der Waals surface area contributed by atoms with Crippen LogP contribution in [0.1, 0.15) is 11.4 Å². The molecule has 0 spiro atoms. The molecule has 2 heterocycles. The topological polar surface area (TPSA) is 58.4 Å². The summed E-state index contributed by atoms with van der Waals surface area (Å²) in [6, 6.07) is 1.93. The summed E-state index contributed by atoms with van der Waals surface area (Å²) < 4.78 is 1.74. The fourth-order valence-electron chi connectivity index (χ4n) is 2.17. The molecule has 0 aliphatic carbocycles. The summed E-state index contributed by atoms with van der Waals surface area (Å²) in [6.45, 7) is 4.40. The van der Waals surface area contributed by atoms with Gasteiger partial charge in [-0.15, -0.1) is 0 Å². The maximum Gasteiger partial charge on any atom is 0.228 e. The van der Waals surface area contributed by atoms with Crippen LogP contribution in [0.2, 0.25) is 0 Å². The van der Waals surface area contributed by atoms with Crippen molar-refractivity contribution >= 4 is 12.3 Å². The maximum absolute atomic E-state index is 12.1. The zero-order valence-electron chi connectivity index (χ0n) is 10.8. The molecule has 1 saturated heterocycles. The van der Waals surface area contributed by atoms with Crippen molar-refractivity contribution in [2.24, 2.45) is 7.05 Å². The molecule has 0 radical (unpaired) electrons. The monoisotopic (exact) mass is 250 g/mol. The number of carbonyl (C=O) groups is 2. The van der Waals surface area contributed by atoms with E-state index in [1.54, 1.807) is 9.58 Å². The second-order valence-corrected chi connectivity index (χ2v) is 4.60. The van der Waals surface area contributed by atoms with Crippen LogP contribution in [-0.2, 0) is 23.1 Å². The average Bonchev–Trinajstić information content (AvgIpc) is 2.68. The molecule has 1 aliphatic rings. The number of nitrogens with zero attached hydrogens (tertiary/aromatic N) is 4. The van der Waals surface area contributed by atoms with Crippen LogP contribution in [0.3, 0.4) is 0 Å². The first-order valence-electron chi connectivity index (χ1n) is 6.07. The van der Waals surface area contributed by atoms with Gasteiger partial charge in [0.1, 0.15) is 0 Å². The standard InChI is InChI=1S/C12H18N4O2/c1-10-7-11(14(2)13-10)8-12(18)16-5-3-15(9-17)4-6-16/h7,9H,3-6,8H2,1-2H3. The lowest BCUT2D eigenvalue weighted by Crippen LogP contribution is -2.48. The van der Waals surface area contributed by atoms with E-state index >= 15 is 0 Å². The molecule has 2 rings (SSSR count). The number of piperazine rings is 1. The highest BCUT2D eigenvalue weighted by molar-refractivity contribution is 5.78. The van der Waals surface area contributed by atoms with E-state index < -0.39 is 0 Å². The summed E-state index contributed by atoms with van der Waals surface area (Å²) in [7, 11) is 1.85. The van der Waals surface area contributed by atoms with Crippen molar-refractivity contribution in [1.82, 2.24) is 19.6 Å². The summed E-state index contributed by atoms with van der Waals surface area (Å²) in [5, 5.41) is 4.23. The normalized spacial score (nSPS) is 15.9. The van der Waals surface area contributed by atoms with Crippen molar-refractivity contribution in [3.63, 3.8) is 0 Å². The molecule has 1 aromatic rings. The fourth-order valence-corrected chi connectivity index (χ4v) is 2.17. The van der Waals surface area contributed by atoms with Crippen LogP contribution >= 0.6 is 0 Å². The predicted octanol–water partition coefficient (Wildman–Crippen LogP) is -0.428. The van der Waals surface area contributed by atoms with Crippen molar-refractivity contribution in [2.45, 2.75) is 13.3 Å². The first kappa shape index (κ1) is 12.6. The molecule has 1 aromatic heterocycles. The highest BCUT2D eigenvalue weighted by Gasteiger charge is 2.21. The van der Waals surface area contributed by atoms with E-state index in [4.69, 9.17) is 0 Å². The molecule has 0 bridgehead atoms. The number of rotatable bonds is 3. The Morgan fingerprint density at radius 2 is 2.06 bits per heavy atom. The lowest BCUT2D eigenvalue weighted by molar-refractivity contribution is -0.134. The number of carbonyl (C=O) groups excluding carboxylic acids is 2. The van der Waals surface area contributed by atoms with Gasteiger partial charge in [-0.2, -0.15) is 5.10 Å². The molecule has 6 nitrogen and oxygen atoms in total. The first-order chi connectivity index (χ1) is 8.60. The van der Waals surface area contributed by atoms with E-state index in [0.29, 0.717) is 32.6 Å². The SMILES string of the molecule is Cc1cc(CC(=O)N2CCN(C=O)CC2)n(C)n1. The molecule has 6 heteroatoms. The minimum atomic E-state index is 0.101. The Kier molecular flexibility index (Phi) is 3.64. The molecular formula is C12H18N4O2. The van der Waals surface area contributed by atoms with E-state index in [1.807, 2.05) is 24.9 Å². The van der Waals surface area contributed by atoms with Gasteiger partial charge in [0.05, 0.1) is 12.1 Å². The minimum Gasteiger partial charge on any atom is -0.342 e. The molecule has 1 aliphatic heterocycles. The van der Waals surface area contributed by atoms with Gasteiger partial charge in [-0.05, 0) is 13.0 Å².